The largest absolute Gasteiger partial charge is 1.00 e. The van der Waals surface area contributed by atoms with E-state index in [0.29, 0.717) is 21.3 Å². The molecule has 0 aliphatic carbocycles. The molecule has 2 aliphatic heterocycles. The number of benzene rings is 1. The summed E-state index contributed by atoms with van der Waals surface area (Å²) in [4.78, 5) is 42.1. The number of nitrogens with one attached hydrogen (secondary N) is 1. The fraction of sp³-hybridized carbons (Fsp3) is 0.222. The van der Waals surface area contributed by atoms with Crippen molar-refractivity contribution in [3.8, 4) is 0 Å². The van der Waals surface area contributed by atoms with Crippen LogP contribution >= 0.6 is 46.3 Å². The molecule has 156 valence electrons. The Morgan fingerprint density at radius 1 is 1.32 bits per heavy atom. The van der Waals surface area contributed by atoms with Crippen molar-refractivity contribution in [1.82, 2.24) is 15.2 Å². The second kappa shape index (κ2) is 9.70. The first-order valence-electron chi connectivity index (χ1n) is 8.60. The molecule has 0 bridgehead atoms. The van der Waals surface area contributed by atoms with Gasteiger partial charge >= 0.3 is 29.6 Å². The molecule has 0 spiro atoms. The van der Waals surface area contributed by atoms with Gasteiger partial charge in [0.2, 0.25) is 5.91 Å². The van der Waals surface area contributed by atoms with Gasteiger partial charge in [0.25, 0.3) is 5.91 Å². The maximum atomic E-state index is 13.1. The Kier molecular flexibility index (Phi) is 7.62. The van der Waals surface area contributed by atoms with Gasteiger partial charge in [-0.15, -0.1) is 23.1 Å². The van der Waals surface area contributed by atoms with Gasteiger partial charge in [-0.25, -0.2) is 4.98 Å². The van der Waals surface area contributed by atoms with E-state index in [9.17, 15) is 19.5 Å². The fourth-order valence-electron chi connectivity index (χ4n) is 3.26. The van der Waals surface area contributed by atoms with Crippen LogP contribution in [0.15, 0.2) is 23.6 Å². The molecule has 2 saturated heterocycles. The average Bonchev–Trinajstić information content (AvgIpc) is 3.30. The van der Waals surface area contributed by atoms with Gasteiger partial charge in [0.05, 0.1) is 23.3 Å². The summed E-state index contributed by atoms with van der Waals surface area (Å²) in [5.74, 6) is -2.15. The van der Waals surface area contributed by atoms with Gasteiger partial charge in [0, 0.05) is 26.7 Å². The number of carboxylic acids is 1. The maximum absolute atomic E-state index is 13.1. The molecule has 2 fully saturated rings. The Morgan fingerprint density at radius 2 is 2.00 bits per heavy atom. The minimum Gasteiger partial charge on any atom is -0.548 e. The van der Waals surface area contributed by atoms with Crippen molar-refractivity contribution in [2.45, 2.75) is 17.5 Å². The summed E-state index contributed by atoms with van der Waals surface area (Å²) in [6.07, 6.45) is 1.49. The van der Waals surface area contributed by atoms with Crippen molar-refractivity contribution < 1.29 is 49.0 Å². The van der Waals surface area contributed by atoms with Gasteiger partial charge in [0.1, 0.15) is 11.4 Å². The number of hydrogen-bond donors (Lipinski definition) is 2. The summed E-state index contributed by atoms with van der Waals surface area (Å²) < 4.78 is 0. The smallest absolute Gasteiger partial charge is 0.548 e. The number of fused-ring (bicyclic) bond motifs is 1. The van der Waals surface area contributed by atoms with E-state index >= 15 is 0 Å². The Bertz CT molecular complexity index is 1080. The van der Waals surface area contributed by atoms with Crippen LogP contribution in [0.25, 0.3) is 11.6 Å². The summed E-state index contributed by atoms with van der Waals surface area (Å²) in [6.45, 7) is 0. The third-order valence-electron chi connectivity index (χ3n) is 4.73. The van der Waals surface area contributed by atoms with Gasteiger partial charge in [-0.3, -0.25) is 9.59 Å². The van der Waals surface area contributed by atoms with E-state index in [1.165, 1.54) is 22.7 Å². The number of amides is 2. The van der Waals surface area contributed by atoms with Crippen molar-refractivity contribution in [2.75, 3.05) is 11.5 Å². The molecular formula is C18H13Cl2N4NaO4S2. The molecule has 8 nitrogen and oxygen atoms in total. The molecule has 2 amide bonds. The zero-order valence-corrected chi connectivity index (χ0v) is 21.1. The number of aromatic nitrogens is 1. The van der Waals surface area contributed by atoms with Gasteiger partial charge in [0.15, 0.2) is 5.13 Å². The van der Waals surface area contributed by atoms with Crippen LogP contribution in [0.4, 0.5) is 5.13 Å². The predicted molar refractivity (Wildman–Crippen MR) is 115 cm³/mol. The summed E-state index contributed by atoms with van der Waals surface area (Å²) >= 11 is 14.9. The normalized spacial score (nSPS) is 22.4. The zero-order valence-electron chi connectivity index (χ0n) is 16.0. The zero-order chi connectivity index (χ0) is 21.6. The van der Waals surface area contributed by atoms with Crippen LogP contribution < -0.4 is 45.7 Å². The fourth-order valence-corrected chi connectivity index (χ4v) is 5.79. The predicted octanol–water partition coefficient (Wildman–Crippen LogP) is -1.90. The number of nitrogens with two attached hydrogens (primary N) is 1. The molecule has 0 radical (unpaired) electrons. The first-order valence-corrected chi connectivity index (χ1v) is 11.3. The van der Waals surface area contributed by atoms with Gasteiger partial charge < -0.3 is 25.9 Å². The van der Waals surface area contributed by atoms with Crippen LogP contribution in [0.5, 0.6) is 0 Å². The minimum absolute atomic E-state index is 0. The molecule has 2 aliphatic rings. The number of thioether (sulfide) groups is 1. The van der Waals surface area contributed by atoms with Gasteiger partial charge in [-0.2, -0.15) is 0 Å². The topological polar surface area (TPSA) is 128 Å². The van der Waals surface area contributed by atoms with E-state index in [4.69, 9.17) is 28.9 Å². The summed E-state index contributed by atoms with van der Waals surface area (Å²) in [7, 11) is 0. The Morgan fingerprint density at radius 3 is 2.58 bits per heavy atom. The Balaban J connectivity index is 0.00000272. The molecule has 3 heterocycles. The number of rotatable bonds is 5. The second-order valence-corrected chi connectivity index (χ2v) is 9.37. The van der Waals surface area contributed by atoms with E-state index in [1.54, 1.807) is 23.6 Å². The third kappa shape index (κ3) is 4.61. The molecule has 3 atom stereocenters. The van der Waals surface area contributed by atoms with Crippen LogP contribution in [0.2, 0.25) is 10.0 Å². The SMILES string of the molecule is Nc1nc(/C(=C/c2c(Cl)cccc2Cl)C(=O)NC2C(=O)N3C(C(=O)[O-])CS[C@H]23)cs1.[Na+]. The Hall–Kier alpha value is -1.27. The van der Waals surface area contributed by atoms with E-state index in [0.717, 1.165) is 11.3 Å². The number of hydrogen-bond acceptors (Lipinski definition) is 8. The molecule has 31 heavy (non-hydrogen) atoms. The van der Waals surface area contributed by atoms with Gasteiger partial charge in [-0.1, -0.05) is 29.3 Å². The van der Waals surface area contributed by atoms with E-state index in [2.05, 4.69) is 10.3 Å². The van der Waals surface area contributed by atoms with Crippen LogP contribution in [-0.2, 0) is 14.4 Å². The number of thiazole rings is 1. The van der Waals surface area contributed by atoms with Crippen molar-refractivity contribution in [3.63, 3.8) is 0 Å². The Labute approximate surface area is 217 Å². The maximum Gasteiger partial charge on any atom is 1.00 e. The number of nitrogen functional groups attached to an aromatic ring is 1. The van der Waals surface area contributed by atoms with Crippen LogP contribution in [0, 0.1) is 0 Å². The number of carbonyl (C=O) groups is 3. The molecule has 3 N–H and O–H groups in total. The summed E-state index contributed by atoms with van der Waals surface area (Å²) in [5.41, 5.74) is 6.57. The second-order valence-electron chi connectivity index (χ2n) is 6.52. The van der Waals surface area contributed by atoms with Crippen LogP contribution in [0.1, 0.15) is 11.3 Å². The number of carbonyl (C=O) groups excluding carboxylic acids is 3. The molecular weight excluding hydrogens is 494 g/mol. The molecule has 2 unspecified atom stereocenters. The number of aliphatic carboxylic acids is 1. The summed E-state index contributed by atoms with van der Waals surface area (Å²) in [6, 6.07) is 3.10. The number of anilines is 1. The third-order valence-corrected chi connectivity index (χ3v) is 7.41. The minimum atomic E-state index is -1.31. The van der Waals surface area contributed by atoms with Crippen molar-refractivity contribution in [3.05, 3.63) is 44.9 Å². The van der Waals surface area contributed by atoms with E-state index in [-0.39, 0.29) is 46.0 Å². The average molecular weight is 507 g/mol. The molecule has 2 aromatic rings. The standard InChI is InChI=1S/C18H14Cl2N4O4S2.Na/c19-9-2-1-3-10(20)7(9)4-8(11-5-30-18(21)22-11)14(25)23-13-15(26)24-12(17(27)28)6-29-16(13)24;/h1-5,12-13,16H,6H2,(H2,21,22)(H,23,25)(H,27,28);/q;+1/p-1/b8-4-;/t12?,13?,16-;/m1./s1. The van der Waals surface area contributed by atoms with Crippen LogP contribution in [-0.4, -0.2) is 50.9 Å². The molecule has 4 rings (SSSR count). The number of β-lactam (4-membered cyclic amide) rings is 1. The van der Waals surface area contributed by atoms with Gasteiger partial charge in [-0.05, 0) is 18.2 Å². The summed E-state index contributed by atoms with van der Waals surface area (Å²) in [5, 5.41) is 15.9. The van der Waals surface area contributed by atoms with E-state index in [1.807, 2.05) is 0 Å². The quantitative estimate of drug-likeness (QED) is 0.275. The van der Waals surface area contributed by atoms with Crippen molar-refractivity contribution in [2.24, 2.45) is 0 Å². The number of halogens is 2. The number of nitrogens with zero attached hydrogens (tertiary/aromatic N) is 2. The number of carboxylic acid groups (broad SMARTS) is 1. The molecule has 1 aromatic heterocycles. The first-order chi connectivity index (χ1) is 14.3. The van der Waals surface area contributed by atoms with E-state index < -0.39 is 35.2 Å². The molecule has 1 aromatic carbocycles. The monoisotopic (exact) mass is 506 g/mol. The molecule has 0 saturated carbocycles. The first kappa shape index (κ1) is 24.4. The molecule has 13 heteroatoms. The van der Waals surface area contributed by atoms with Crippen molar-refractivity contribution >= 4 is 80.9 Å². The van der Waals surface area contributed by atoms with Crippen LogP contribution in [0.3, 0.4) is 0 Å². The van der Waals surface area contributed by atoms with Crippen molar-refractivity contribution in [1.29, 1.82) is 0 Å².